The van der Waals surface area contributed by atoms with Gasteiger partial charge in [0.25, 0.3) is 0 Å². The minimum absolute atomic E-state index is 0.134. The number of aromatic hydroxyl groups is 8. The topological polar surface area (TPSA) is 162 Å². The van der Waals surface area contributed by atoms with Crippen LogP contribution in [0, 0.1) is 0 Å². The lowest BCUT2D eigenvalue weighted by molar-refractivity contribution is 0.370. The maximum Gasteiger partial charge on any atom is 0.162 e. The largest absolute Gasteiger partial charge is 0.504 e. The van der Waals surface area contributed by atoms with Gasteiger partial charge in [-0.3, -0.25) is 0 Å². The molecular formula is C25H20O8. The minimum Gasteiger partial charge on any atom is -0.504 e. The molecule has 0 atom stereocenters. The molecule has 0 aliphatic rings. The fraction of sp³-hybridized carbons (Fsp3) is 0.0400. The summed E-state index contributed by atoms with van der Waals surface area (Å²) in [5, 5.41) is 84.8. The first-order valence-electron chi connectivity index (χ1n) is 9.76. The molecular weight excluding hydrogens is 428 g/mol. The molecule has 0 saturated heterocycles. The summed E-state index contributed by atoms with van der Waals surface area (Å²) in [5.41, 5.74) is -2.58. The van der Waals surface area contributed by atoms with Crippen molar-refractivity contribution in [2.24, 2.45) is 0 Å². The summed E-state index contributed by atoms with van der Waals surface area (Å²) < 4.78 is 0. The van der Waals surface area contributed by atoms with Crippen LogP contribution in [0.15, 0.2) is 72.8 Å². The Morgan fingerprint density at radius 3 is 0.758 bits per heavy atom. The van der Waals surface area contributed by atoms with Crippen molar-refractivity contribution >= 4 is 0 Å². The number of hydrogen-bond donors (Lipinski definition) is 8. The van der Waals surface area contributed by atoms with Crippen LogP contribution >= 0.6 is 0 Å². The van der Waals surface area contributed by atoms with E-state index in [0.717, 1.165) is 0 Å². The highest BCUT2D eigenvalue weighted by Crippen LogP contribution is 2.58. The van der Waals surface area contributed by atoms with Crippen LogP contribution in [0.25, 0.3) is 0 Å². The van der Waals surface area contributed by atoms with Crippen LogP contribution in [0.2, 0.25) is 0 Å². The quantitative estimate of drug-likeness (QED) is 0.173. The Balaban J connectivity index is 2.36. The third-order valence-corrected chi connectivity index (χ3v) is 5.67. The molecule has 0 aliphatic heterocycles. The highest BCUT2D eigenvalue weighted by atomic mass is 16.3. The number of benzene rings is 4. The van der Waals surface area contributed by atoms with Crippen LogP contribution < -0.4 is 0 Å². The highest BCUT2D eigenvalue weighted by molar-refractivity contribution is 5.74. The van der Waals surface area contributed by atoms with Gasteiger partial charge in [-0.15, -0.1) is 0 Å². The third-order valence-electron chi connectivity index (χ3n) is 5.67. The first-order chi connectivity index (χ1) is 15.7. The molecule has 0 unspecified atom stereocenters. The number of para-hydroxylation sites is 4. The fourth-order valence-electron chi connectivity index (χ4n) is 4.21. The Bertz CT molecular complexity index is 1150. The second kappa shape index (κ2) is 7.76. The van der Waals surface area contributed by atoms with Crippen molar-refractivity contribution < 1.29 is 40.9 Å². The molecule has 33 heavy (non-hydrogen) atoms. The van der Waals surface area contributed by atoms with Gasteiger partial charge in [-0.2, -0.15) is 0 Å². The van der Waals surface area contributed by atoms with E-state index >= 15 is 0 Å². The molecule has 4 aromatic carbocycles. The van der Waals surface area contributed by atoms with Gasteiger partial charge in [0.1, 0.15) is 0 Å². The van der Waals surface area contributed by atoms with E-state index in [1.807, 2.05) is 0 Å². The Morgan fingerprint density at radius 1 is 0.333 bits per heavy atom. The molecule has 0 spiro atoms. The standard InChI is InChI=1S/C25H20O8/c26-17-9-1-5-13(21(17)30)25(14-6-2-10-18(27)22(14)31,15-7-3-11-19(28)23(15)32)16-8-4-12-20(29)24(16)33/h1-12,26-33H. The molecule has 168 valence electrons. The number of rotatable bonds is 4. The molecule has 4 aromatic rings. The highest BCUT2D eigenvalue weighted by Gasteiger charge is 2.47. The summed E-state index contributed by atoms with van der Waals surface area (Å²) in [6, 6.07) is 15.8. The zero-order valence-corrected chi connectivity index (χ0v) is 17.0. The molecule has 0 aliphatic carbocycles. The van der Waals surface area contributed by atoms with Crippen LogP contribution in [0.1, 0.15) is 22.3 Å². The molecule has 8 N–H and O–H groups in total. The Labute approximate surface area is 187 Å². The van der Waals surface area contributed by atoms with Crippen molar-refractivity contribution in [1.82, 2.24) is 0 Å². The van der Waals surface area contributed by atoms with Gasteiger partial charge >= 0.3 is 0 Å². The third kappa shape index (κ3) is 3.08. The van der Waals surface area contributed by atoms with Gasteiger partial charge in [0.05, 0.1) is 5.41 Å². The van der Waals surface area contributed by atoms with Gasteiger partial charge in [-0.1, -0.05) is 48.5 Å². The summed E-state index contributed by atoms with van der Waals surface area (Å²) in [4.78, 5) is 0. The van der Waals surface area contributed by atoms with Crippen molar-refractivity contribution in [2.45, 2.75) is 5.41 Å². The SMILES string of the molecule is Oc1cccc(C(c2cccc(O)c2O)(c2cccc(O)c2O)c2cccc(O)c2O)c1O. The summed E-state index contributed by atoms with van der Waals surface area (Å²) in [7, 11) is 0. The molecule has 0 amide bonds. The van der Waals surface area contributed by atoms with Crippen molar-refractivity contribution in [2.75, 3.05) is 0 Å². The van der Waals surface area contributed by atoms with E-state index in [-0.39, 0.29) is 22.3 Å². The van der Waals surface area contributed by atoms with Gasteiger partial charge in [-0.25, -0.2) is 0 Å². The molecule has 0 fully saturated rings. The van der Waals surface area contributed by atoms with E-state index in [4.69, 9.17) is 0 Å². The van der Waals surface area contributed by atoms with E-state index in [1.165, 1.54) is 72.8 Å². The van der Waals surface area contributed by atoms with Gasteiger partial charge in [-0.05, 0) is 24.3 Å². The van der Waals surface area contributed by atoms with Crippen molar-refractivity contribution in [3.63, 3.8) is 0 Å². The van der Waals surface area contributed by atoms with Crippen molar-refractivity contribution in [3.05, 3.63) is 95.1 Å². The molecule has 4 rings (SSSR count). The smallest absolute Gasteiger partial charge is 0.162 e. The van der Waals surface area contributed by atoms with Crippen molar-refractivity contribution in [3.8, 4) is 46.0 Å². The van der Waals surface area contributed by atoms with E-state index < -0.39 is 51.4 Å². The van der Waals surface area contributed by atoms with Crippen LogP contribution in [0.4, 0.5) is 0 Å². The normalized spacial score (nSPS) is 11.4. The molecule has 8 nitrogen and oxygen atoms in total. The number of phenolic OH excluding ortho intramolecular Hbond substituents is 8. The average molecular weight is 448 g/mol. The monoisotopic (exact) mass is 448 g/mol. The first-order valence-corrected chi connectivity index (χ1v) is 9.76. The molecule has 0 radical (unpaired) electrons. The Kier molecular flexibility index (Phi) is 5.06. The minimum atomic E-state index is -2.04. The van der Waals surface area contributed by atoms with E-state index in [9.17, 15) is 40.9 Å². The van der Waals surface area contributed by atoms with Crippen LogP contribution in [-0.4, -0.2) is 40.9 Å². The zero-order chi connectivity index (χ0) is 23.9. The van der Waals surface area contributed by atoms with Crippen LogP contribution in [-0.2, 0) is 5.41 Å². The predicted octanol–water partition coefficient (Wildman–Crippen LogP) is 3.71. The summed E-state index contributed by atoms with van der Waals surface area (Å²) in [6.45, 7) is 0. The summed E-state index contributed by atoms with van der Waals surface area (Å²) in [5.74, 6) is -4.83. The summed E-state index contributed by atoms with van der Waals surface area (Å²) in [6.07, 6.45) is 0. The number of hydrogen-bond acceptors (Lipinski definition) is 8. The molecule has 0 heterocycles. The summed E-state index contributed by atoms with van der Waals surface area (Å²) >= 11 is 0. The van der Waals surface area contributed by atoms with Gasteiger partial charge in [0, 0.05) is 22.3 Å². The molecule has 0 bridgehead atoms. The number of phenols is 8. The fourth-order valence-corrected chi connectivity index (χ4v) is 4.21. The Hall–Kier alpha value is -4.72. The van der Waals surface area contributed by atoms with Gasteiger partial charge in [0.2, 0.25) is 0 Å². The maximum absolute atomic E-state index is 10.9. The Morgan fingerprint density at radius 2 is 0.545 bits per heavy atom. The average Bonchev–Trinajstić information content (AvgIpc) is 2.79. The van der Waals surface area contributed by atoms with Crippen LogP contribution in [0.3, 0.4) is 0 Å². The lowest BCUT2D eigenvalue weighted by atomic mass is 9.63. The second-order valence-corrected chi connectivity index (χ2v) is 7.44. The zero-order valence-electron chi connectivity index (χ0n) is 17.0. The lowest BCUT2D eigenvalue weighted by Gasteiger charge is -2.38. The molecule has 0 saturated carbocycles. The molecule has 0 aromatic heterocycles. The van der Waals surface area contributed by atoms with E-state index in [0.29, 0.717) is 0 Å². The molecule has 8 heteroatoms. The maximum atomic E-state index is 10.9. The lowest BCUT2D eigenvalue weighted by Crippen LogP contribution is -2.31. The van der Waals surface area contributed by atoms with Crippen molar-refractivity contribution in [1.29, 1.82) is 0 Å². The van der Waals surface area contributed by atoms with Crippen LogP contribution in [0.5, 0.6) is 46.0 Å². The van der Waals surface area contributed by atoms with E-state index in [1.54, 1.807) is 0 Å². The van der Waals surface area contributed by atoms with E-state index in [2.05, 4.69) is 0 Å². The predicted molar refractivity (Wildman–Crippen MR) is 118 cm³/mol. The van der Waals surface area contributed by atoms with Gasteiger partial charge in [0.15, 0.2) is 46.0 Å². The first kappa shape index (κ1) is 21.5. The second-order valence-electron chi connectivity index (χ2n) is 7.44. The van der Waals surface area contributed by atoms with Gasteiger partial charge < -0.3 is 40.9 Å².